The molecule has 1 aromatic rings. The van der Waals surface area contributed by atoms with Crippen molar-refractivity contribution in [3.05, 3.63) is 35.9 Å². The van der Waals surface area contributed by atoms with E-state index in [-0.39, 0.29) is 18.2 Å². The molecule has 1 aromatic carbocycles. The van der Waals surface area contributed by atoms with Crippen molar-refractivity contribution in [2.24, 2.45) is 0 Å². The number of amides is 3. The van der Waals surface area contributed by atoms with Gasteiger partial charge in [-0.15, -0.1) is 0 Å². The summed E-state index contributed by atoms with van der Waals surface area (Å²) >= 11 is 0. The zero-order valence-corrected chi connectivity index (χ0v) is 23.1. The maximum atomic E-state index is 13.9. The molecule has 0 N–H and O–H groups in total. The molecule has 7 heteroatoms. The van der Waals surface area contributed by atoms with Gasteiger partial charge in [0.1, 0.15) is 5.60 Å². The van der Waals surface area contributed by atoms with E-state index in [4.69, 9.17) is 4.74 Å². The van der Waals surface area contributed by atoms with Gasteiger partial charge in [0.2, 0.25) is 0 Å². The van der Waals surface area contributed by atoms with Crippen LogP contribution in [0, 0.1) is 0 Å². The Kier molecular flexibility index (Phi) is 7.99. The molecule has 0 spiro atoms. The van der Waals surface area contributed by atoms with Crippen LogP contribution in [0.25, 0.3) is 0 Å². The molecule has 0 radical (unpaired) electrons. The highest BCUT2D eigenvalue weighted by Gasteiger charge is 2.45. The van der Waals surface area contributed by atoms with Gasteiger partial charge < -0.3 is 24.3 Å². The van der Waals surface area contributed by atoms with Crippen molar-refractivity contribution < 1.29 is 14.3 Å². The quantitative estimate of drug-likeness (QED) is 0.524. The van der Waals surface area contributed by atoms with Crippen LogP contribution in [0.2, 0.25) is 0 Å². The van der Waals surface area contributed by atoms with Gasteiger partial charge >= 0.3 is 12.1 Å². The lowest BCUT2D eigenvalue weighted by molar-refractivity contribution is 0.0107. The summed E-state index contributed by atoms with van der Waals surface area (Å²) in [5.74, 6) is 0. The Morgan fingerprint density at radius 2 is 1.43 bits per heavy atom. The smallest absolute Gasteiger partial charge is 0.410 e. The first kappa shape index (κ1) is 26.3. The molecule has 3 heterocycles. The summed E-state index contributed by atoms with van der Waals surface area (Å²) in [5, 5.41) is 0. The van der Waals surface area contributed by atoms with E-state index in [1.165, 1.54) is 24.8 Å². The van der Waals surface area contributed by atoms with Crippen molar-refractivity contribution >= 4 is 12.1 Å². The first-order valence-corrected chi connectivity index (χ1v) is 14.7. The van der Waals surface area contributed by atoms with E-state index in [0.29, 0.717) is 18.1 Å². The lowest BCUT2D eigenvalue weighted by atomic mass is 9.94. The largest absolute Gasteiger partial charge is 0.444 e. The summed E-state index contributed by atoms with van der Waals surface area (Å²) < 4.78 is 5.57. The van der Waals surface area contributed by atoms with Crippen LogP contribution in [-0.2, 0) is 4.74 Å². The number of ether oxygens (including phenoxy) is 1. The molecule has 3 aliphatic heterocycles. The molecule has 1 aliphatic carbocycles. The third-order valence-corrected chi connectivity index (χ3v) is 8.90. The third kappa shape index (κ3) is 6.08. The van der Waals surface area contributed by atoms with E-state index in [0.717, 1.165) is 71.2 Å². The minimum absolute atomic E-state index is 0.157. The van der Waals surface area contributed by atoms with Crippen molar-refractivity contribution in [1.82, 2.24) is 19.6 Å². The molecule has 0 aromatic heterocycles. The highest BCUT2D eigenvalue weighted by Crippen LogP contribution is 2.38. The number of likely N-dealkylation sites (tertiary alicyclic amines) is 2. The highest BCUT2D eigenvalue weighted by atomic mass is 16.6. The molecule has 0 unspecified atom stereocenters. The summed E-state index contributed by atoms with van der Waals surface area (Å²) in [6.45, 7) is 10.2. The Balaban J connectivity index is 1.19. The average Bonchev–Trinajstić information content (AvgIpc) is 3.26. The Morgan fingerprint density at radius 1 is 0.811 bits per heavy atom. The number of carbonyl (C=O) groups is 2. The number of piperidine rings is 2. The Labute approximate surface area is 223 Å². The first-order valence-electron chi connectivity index (χ1n) is 14.7. The lowest BCUT2D eigenvalue weighted by Gasteiger charge is -2.44. The number of urea groups is 1. The maximum absolute atomic E-state index is 13.9. The molecule has 7 nitrogen and oxygen atoms in total. The molecule has 3 saturated heterocycles. The Bertz CT molecular complexity index is 911. The van der Waals surface area contributed by atoms with Gasteiger partial charge in [-0.25, -0.2) is 9.59 Å². The van der Waals surface area contributed by atoms with Crippen LogP contribution in [0.3, 0.4) is 0 Å². The number of carbonyl (C=O) groups excluding carboxylic acids is 2. The number of rotatable bonds is 4. The van der Waals surface area contributed by atoms with Crippen molar-refractivity contribution in [3.63, 3.8) is 0 Å². The zero-order valence-electron chi connectivity index (χ0n) is 23.1. The Morgan fingerprint density at radius 3 is 2.05 bits per heavy atom. The van der Waals surface area contributed by atoms with E-state index >= 15 is 0 Å². The molecule has 37 heavy (non-hydrogen) atoms. The van der Waals surface area contributed by atoms with Gasteiger partial charge in [-0.3, -0.25) is 0 Å². The maximum Gasteiger partial charge on any atom is 0.410 e. The van der Waals surface area contributed by atoms with Gasteiger partial charge in [0.15, 0.2) is 0 Å². The third-order valence-electron chi connectivity index (χ3n) is 8.90. The molecular formula is C30H46N4O3. The van der Waals surface area contributed by atoms with Crippen LogP contribution < -0.4 is 0 Å². The number of benzene rings is 1. The highest BCUT2D eigenvalue weighted by molar-refractivity contribution is 5.78. The van der Waals surface area contributed by atoms with Crippen LogP contribution >= 0.6 is 0 Å². The molecule has 4 aliphatic rings. The van der Waals surface area contributed by atoms with Gasteiger partial charge in [0.25, 0.3) is 0 Å². The second kappa shape index (κ2) is 11.2. The fourth-order valence-corrected chi connectivity index (χ4v) is 6.95. The molecule has 3 amide bonds. The molecule has 5 rings (SSSR count). The van der Waals surface area contributed by atoms with E-state index in [9.17, 15) is 9.59 Å². The fraction of sp³-hybridized carbons (Fsp3) is 0.733. The molecular weight excluding hydrogens is 464 g/mol. The minimum Gasteiger partial charge on any atom is -0.444 e. The normalized spacial score (nSPS) is 25.6. The number of nitrogens with zero attached hydrogens (tertiary/aromatic N) is 4. The molecule has 0 bridgehead atoms. The van der Waals surface area contributed by atoms with E-state index in [2.05, 4.69) is 45.0 Å². The van der Waals surface area contributed by atoms with Crippen LogP contribution in [0.4, 0.5) is 9.59 Å². The topological polar surface area (TPSA) is 56.3 Å². The van der Waals surface area contributed by atoms with Crippen LogP contribution in [0.15, 0.2) is 30.3 Å². The van der Waals surface area contributed by atoms with Gasteiger partial charge in [0.05, 0.1) is 6.04 Å². The Hall–Kier alpha value is -2.28. The van der Waals surface area contributed by atoms with Crippen molar-refractivity contribution in [1.29, 1.82) is 0 Å². The van der Waals surface area contributed by atoms with Crippen LogP contribution in [0.1, 0.15) is 90.2 Å². The van der Waals surface area contributed by atoms with Crippen molar-refractivity contribution in [2.75, 3.05) is 32.7 Å². The van der Waals surface area contributed by atoms with E-state index in [1.807, 2.05) is 25.7 Å². The first-order chi connectivity index (χ1) is 17.8. The average molecular weight is 511 g/mol. The summed E-state index contributed by atoms with van der Waals surface area (Å²) in [6, 6.07) is 12.3. The second-order valence-corrected chi connectivity index (χ2v) is 12.5. The number of hydrogen-bond acceptors (Lipinski definition) is 4. The monoisotopic (exact) mass is 510 g/mol. The molecule has 1 atom stereocenters. The molecule has 4 fully saturated rings. The van der Waals surface area contributed by atoms with Gasteiger partial charge in [0, 0.05) is 50.8 Å². The summed E-state index contributed by atoms with van der Waals surface area (Å²) in [7, 11) is 0. The van der Waals surface area contributed by atoms with Gasteiger partial charge in [-0.1, -0.05) is 49.6 Å². The van der Waals surface area contributed by atoms with Crippen LogP contribution in [0.5, 0.6) is 0 Å². The fourth-order valence-electron chi connectivity index (χ4n) is 6.95. The SMILES string of the molecule is CC(C)(C)OC(=O)N1CCC(N2CCC(N3C(=O)N(C4CCCCC4)C[C@H]3c3ccccc3)CC2)CC1. The second-order valence-electron chi connectivity index (χ2n) is 12.5. The zero-order chi connectivity index (χ0) is 26.0. The predicted molar refractivity (Wildman–Crippen MR) is 145 cm³/mol. The van der Waals surface area contributed by atoms with Crippen LogP contribution in [-0.4, -0.2) is 88.2 Å². The minimum atomic E-state index is -0.451. The molecule has 1 saturated carbocycles. The van der Waals surface area contributed by atoms with Crippen molar-refractivity contribution in [3.8, 4) is 0 Å². The van der Waals surface area contributed by atoms with Gasteiger partial charge in [-0.05, 0) is 64.9 Å². The van der Waals surface area contributed by atoms with E-state index < -0.39 is 5.60 Å². The van der Waals surface area contributed by atoms with E-state index in [1.54, 1.807) is 0 Å². The molecule has 204 valence electrons. The lowest BCUT2D eigenvalue weighted by Crippen LogP contribution is -2.53. The summed E-state index contributed by atoms with van der Waals surface area (Å²) in [4.78, 5) is 35.3. The summed E-state index contributed by atoms with van der Waals surface area (Å²) in [6.07, 6.45) is 9.96. The number of hydrogen-bond donors (Lipinski definition) is 0. The standard InChI is InChI=1S/C30H46N4O3/c1-30(2,3)37-29(36)32-20-14-24(15-21-32)31-18-16-26(17-19-31)34-27(23-10-6-4-7-11-23)22-33(28(34)35)25-12-8-5-9-13-25/h4,6-7,10-11,24-27H,5,8-9,12-22H2,1-3H3/t27-/m0/s1. The predicted octanol–water partition coefficient (Wildman–Crippen LogP) is 5.66. The van der Waals surface area contributed by atoms with Gasteiger partial charge in [-0.2, -0.15) is 0 Å². The van der Waals surface area contributed by atoms with Crippen molar-refractivity contribution in [2.45, 2.75) is 108 Å². The summed E-state index contributed by atoms with van der Waals surface area (Å²) in [5.41, 5.74) is 0.818.